The first kappa shape index (κ1) is 16.1. The molecule has 124 valence electrons. The number of sulfonamides is 1. The molecule has 2 N–H and O–H groups in total. The van der Waals surface area contributed by atoms with E-state index in [-0.39, 0.29) is 16.9 Å². The van der Waals surface area contributed by atoms with Gasteiger partial charge in [0.25, 0.3) is 0 Å². The summed E-state index contributed by atoms with van der Waals surface area (Å²) in [5, 5.41) is 6.61. The van der Waals surface area contributed by atoms with Crippen LogP contribution in [0.1, 0.15) is 29.5 Å². The Kier molecular flexibility index (Phi) is 4.47. The normalized spacial score (nSPS) is 21.7. The van der Waals surface area contributed by atoms with Crippen LogP contribution in [0, 0.1) is 19.8 Å². The van der Waals surface area contributed by atoms with Crippen molar-refractivity contribution in [1.29, 1.82) is 0 Å². The minimum Gasteiger partial charge on any atom is -0.370 e. The second-order valence-electron chi connectivity index (χ2n) is 5.81. The monoisotopic (exact) mass is 336 g/mol. The SMILES string of the molecule is Cc1ccc(S(=O)(=O)NC[C@@H]2CCO[C@@H]2c2ncn[nH]2)cc1C. The highest BCUT2D eigenvalue weighted by atomic mass is 32.2. The average Bonchev–Trinajstić information content (AvgIpc) is 3.18. The summed E-state index contributed by atoms with van der Waals surface area (Å²) in [6.45, 7) is 4.75. The molecule has 1 aromatic heterocycles. The van der Waals surface area contributed by atoms with Crippen molar-refractivity contribution >= 4 is 10.0 Å². The van der Waals surface area contributed by atoms with Crippen LogP contribution in [0.5, 0.6) is 0 Å². The molecule has 0 spiro atoms. The zero-order valence-corrected chi connectivity index (χ0v) is 13.9. The molecule has 2 atom stereocenters. The molecule has 7 nitrogen and oxygen atoms in total. The molecule has 1 aromatic carbocycles. The van der Waals surface area contributed by atoms with E-state index in [1.54, 1.807) is 12.1 Å². The van der Waals surface area contributed by atoms with Gasteiger partial charge in [-0.15, -0.1) is 0 Å². The number of aromatic amines is 1. The number of H-pyrrole nitrogens is 1. The Hall–Kier alpha value is -1.77. The zero-order chi connectivity index (χ0) is 16.4. The Morgan fingerprint density at radius 1 is 1.35 bits per heavy atom. The molecule has 8 heteroatoms. The summed E-state index contributed by atoms with van der Waals surface area (Å²) in [6.07, 6.45) is 1.95. The van der Waals surface area contributed by atoms with E-state index in [4.69, 9.17) is 4.74 Å². The third-order valence-corrected chi connectivity index (χ3v) is 5.66. The van der Waals surface area contributed by atoms with Gasteiger partial charge in [0.2, 0.25) is 10.0 Å². The number of rotatable bonds is 5. The number of aryl methyl sites for hydroxylation is 2. The van der Waals surface area contributed by atoms with E-state index in [2.05, 4.69) is 19.9 Å². The molecule has 0 amide bonds. The third-order valence-electron chi connectivity index (χ3n) is 4.24. The van der Waals surface area contributed by atoms with Crippen molar-refractivity contribution in [2.45, 2.75) is 31.3 Å². The fourth-order valence-electron chi connectivity index (χ4n) is 2.68. The standard InChI is InChI=1S/C15H20N4O3S/c1-10-3-4-13(7-11(10)2)23(20,21)18-8-12-5-6-22-14(12)15-16-9-17-19-15/h3-4,7,9,12,14,18H,5-6,8H2,1-2H3,(H,16,17,19)/t12-,14-/m0/s1. The van der Waals surface area contributed by atoms with Crippen LogP contribution in [0.4, 0.5) is 0 Å². The molecule has 2 heterocycles. The van der Waals surface area contributed by atoms with Crippen molar-refractivity contribution in [2.24, 2.45) is 5.92 Å². The lowest BCUT2D eigenvalue weighted by atomic mass is 10.0. The predicted molar refractivity (Wildman–Crippen MR) is 84.3 cm³/mol. The van der Waals surface area contributed by atoms with Crippen LogP contribution >= 0.6 is 0 Å². The molecule has 1 saturated heterocycles. The van der Waals surface area contributed by atoms with E-state index < -0.39 is 10.0 Å². The maximum atomic E-state index is 12.5. The van der Waals surface area contributed by atoms with E-state index in [0.29, 0.717) is 19.0 Å². The molecule has 2 aromatic rings. The van der Waals surface area contributed by atoms with Crippen LogP contribution in [0.2, 0.25) is 0 Å². The van der Waals surface area contributed by atoms with Gasteiger partial charge in [0.15, 0.2) is 5.82 Å². The lowest BCUT2D eigenvalue weighted by Crippen LogP contribution is -2.31. The molecule has 3 rings (SSSR count). The van der Waals surface area contributed by atoms with Gasteiger partial charge in [0.1, 0.15) is 12.4 Å². The number of aromatic nitrogens is 3. The molecule has 0 aliphatic carbocycles. The number of ether oxygens (including phenoxy) is 1. The Bertz CT molecular complexity index is 774. The van der Waals surface area contributed by atoms with Crippen molar-refractivity contribution in [3.05, 3.63) is 41.5 Å². The van der Waals surface area contributed by atoms with E-state index >= 15 is 0 Å². The van der Waals surface area contributed by atoms with Crippen molar-refractivity contribution in [2.75, 3.05) is 13.2 Å². The van der Waals surface area contributed by atoms with Gasteiger partial charge in [-0.25, -0.2) is 18.1 Å². The summed E-state index contributed by atoms with van der Waals surface area (Å²) in [5.41, 5.74) is 2.02. The summed E-state index contributed by atoms with van der Waals surface area (Å²) in [5.74, 6) is 0.669. The van der Waals surface area contributed by atoms with Gasteiger partial charge in [-0.1, -0.05) is 6.07 Å². The second kappa shape index (κ2) is 6.38. The summed E-state index contributed by atoms with van der Waals surface area (Å²) in [7, 11) is -3.53. The Morgan fingerprint density at radius 3 is 2.87 bits per heavy atom. The number of nitrogens with one attached hydrogen (secondary N) is 2. The van der Waals surface area contributed by atoms with Crippen molar-refractivity contribution < 1.29 is 13.2 Å². The maximum absolute atomic E-state index is 12.5. The first-order valence-corrected chi connectivity index (χ1v) is 8.99. The molecule has 0 radical (unpaired) electrons. The summed E-state index contributed by atoms with van der Waals surface area (Å²) >= 11 is 0. The largest absolute Gasteiger partial charge is 0.370 e. The molecule has 1 aliphatic rings. The first-order chi connectivity index (χ1) is 11.0. The number of hydrogen-bond donors (Lipinski definition) is 2. The van der Waals surface area contributed by atoms with Crippen molar-refractivity contribution in [3.63, 3.8) is 0 Å². The van der Waals surface area contributed by atoms with Gasteiger partial charge in [-0.3, -0.25) is 5.10 Å². The number of hydrogen-bond acceptors (Lipinski definition) is 5. The summed E-state index contributed by atoms with van der Waals surface area (Å²) in [4.78, 5) is 4.39. The van der Waals surface area contributed by atoms with E-state index in [1.165, 1.54) is 6.33 Å². The fraction of sp³-hybridized carbons (Fsp3) is 0.467. The van der Waals surface area contributed by atoms with E-state index in [9.17, 15) is 8.42 Å². The van der Waals surface area contributed by atoms with Gasteiger partial charge in [0.05, 0.1) is 4.90 Å². The van der Waals surface area contributed by atoms with Gasteiger partial charge in [-0.05, 0) is 43.5 Å². The lowest BCUT2D eigenvalue weighted by Gasteiger charge is -2.17. The van der Waals surface area contributed by atoms with Crippen LogP contribution in [0.25, 0.3) is 0 Å². The van der Waals surface area contributed by atoms with Gasteiger partial charge >= 0.3 is 0 Å². The van der Waals surface area contributed by atoms with E-state index in [0.717, 1.165) is 17.5 Å². The first-order valence-electron chi connectivity index (χ1n) is 7.51. The summed E-state index contributed by atoms with van der Waals surface area (Å²) < 4.78 is 33.2. The minimum atomic E-state index is -3.53. The van der Waals surface area contributed by atoms with Crippen molar-refractivity contribution in [3.8, 4) is 0 Å². The highest BCUT2D eigenvalue weighted by molar-refractivity contribution is 7.89. The quantitative estimate of drug-likeness (QED) is 0.862. The Balaban J connectivity index is 1.70. The molecule has 0 bridgehead atoms. The molecule has 0 unspecified atom stereocenters. The minimum absolute atomic E-state index is 0.0317. The molecule has 0 saturated carbocycles. The highest BCUT2D eigenvalue weighted by Gasteiger charge is 2.32. The topological polar surface area (TPSA) is 97.0 Å². The Labute approximate surface area is 135 Å². The van der Waals surface area contributed by atoms with Crippen LogP contribution < -0.4 is 4.72 Å². The van der Waals surface area contributed by atoms with Crippen LogP contribution in [-0.4, -0.2) is 36.8 Å². The summed E-state index contributed by atoms with van der Waals surface area (Å²) in [6, 6.07) is 5.14. The average molecular weight is 336 g/mol. The van der Waals surface area contributed by atoms with Crippen LogP contribution in [0.3, 0.4) is 0 Å². The predicted octanol–water partition coefficient (Wildman–Crippen LogP) is 1.48. The molecule has 1 fully saturated rings. The highest BCUT2D eigenvalue weighted by Crippen LogP contribution is 2.32. The lowest BCUT2D eigenvalue weighted by molar-refractivity contribution is 0.0848. The van der Waals surface area contributed by atoms with Crippen LogP contribution in [0.15, 0.2) is 29.4 Å². The smallest absolute Gasteiger partial charge is 0.240 e. The zero-order valence-electron chi connectivity index (χ0n) is 13.1. The molecular formula is C15H20N4O3S. The van der Waals surface area contributed by atoms with Crippen LogP contribution in [-0.2, 0) is 14.8 Å². The van der Waals surface area contributed by atoms with Gasteiger partial charge in [-0.2, -0.15) is 5.10 Å². The molecular weight excluding hydrogens is 316 g/mol. The van der Waals surface area contributed by atoms with E-state index in [1.807, 2.05) is 19.9 Å². The second-order valence-corrected chi connectivity index (χ2v) is 7.58. The molecule has 23 heavy (non-hydrogen) atoms. The Morgan fingerprint density at radius 2 is 2.17 bits per heavy atom. The van der Waals surface area contributed by atoms with Gasteiger partial charge in [0, 0.05) is 19.1 Å². The number of nitrogens with zero attached hydrogens (tertiary/aromatic N) is 2. The van der Waals surface area contributed by atoms with Crippen molar-refractivity contribution in [1.82, 2.24) is 19.9 Å². The fourth-order valence-corrected chi connectivity index (χ4v) is 3.86. The maximum Gasteiger partial charge on any atom is 0.240 e. The third kappa shape index (κ3) is 3.44. The number of benzene rings is 1. The van der Waals surface area contributed by atoms with Gasteiger partial charge < -0.3 is 4.74 Å². The molecule has 1 aliphatic heterocycles.